The monoisotopic (exact) mass is 378 g/mol. The lowest BCUT2D eigenvalue weighted by molar-refractivity contribution is -0.140. The average Bonchev–Trinajstić information content (AvgIpc) is 3.52. The van der Waals surface area contributed by atoms with E-state index in [-0.39, 0.29) is 17.9 Å². The van der Waals surface area contributed by atoms with E-state index in [1.54, 1.807) is 11.6 Å². The number of amides is 1. The van der Waals surface area contributed by atoms with Crippen LogP contribution in [0.15, 0.2) is 42.6 Å². The second-order valence-corrected chi connectivity index (χ2v) is 7.37. The summed E-state index contributed by atoms with van der Waals surface area (Å²) < 4.78 is 12.9. The molecular weight excluding hydrogens is 356 g/mol. The van der Waals surface area contributed by atoms with Crippen LogP contribution in [0.1, 0.15) is 24.6 Å². The molecule has 2 aromatic heterocycles. The first-order chi connectivity index (χ1) is 13.7. The molecule has 1 aliphatic carbocycles. The van der Waals surface area contributed by atoms with Gasteiger partial charge in [0.2, 0.25) is 5.91 Å². The first-order valence-corrected chi connectivity index (χ1v) is 9.63. The van der Waals surface area contributed by atoms with Crippen molar-refractivity contribution >= 4 is 11.4 Å². The molecule has 1 saturated heterocycles. The summed E-state index contributed by atoms with van der Waals surface area (Å²) in [5, 5.41) is 8.66. The van der Waals surface area contributed by atoms with Gasteiger partial charge in [-0.2, -0.15) is 0 Å². The van der Waals surface area contributed by atoms with Crippen LogP contribution >= 0.6 is 0 Å². The minimum absolute atomic E-state index is 0.225. The molecule has 1 aliphatic heterocycles. The molecule has 28 heavy (non-hydrogen) atoms. The van der Waals surface area contributed by atoms with E-state index >= 15 is 0 Å². The first-order valence-electron chi connectivity index (χ1n) is 9.63. The van der Waals surface area contributed by atoms with Gasteiger partial charge in [-0.05, 0) is 36.6 Å². The van der Waals surface area contributed by atoms with Gasteiger partial charge < -0.3 is 14.4 Å². The number of methoxy groups -OCH3 is 1. The summed E-state index contributed by atoms with van der Waals surface area (Å²) in [5.41, 5.74) is 3.81. The van der Waals surface area contributed by atoms with Gasteiger partial charge in [-0.15, -0.1) is 5.10 Å². The molecule has 144 valence electrons. The first kappa shape index (κ1) is 17.2. The summed E-state index contributed by atoms with van der Waals surface area (Å²) in [5.74, 6) is 1.31. The molecule has 7 heteroatoms. The lowest BCUT2D eigenvalue weighted by Crippen LogP contribution is -2.43. The molecule has 2 fully saturated rings. The summed E-state index contributed by atoms with van der Waals surface area (Å²) >= 11 is 0. The molecule has 7 nitrogen and oxygen atoms in total. The number of carbonyl (C=O) groups excluding carboxylic acids is 1. The Hall–Kier alpha value is -2.93. The van der Waals surface area contributed by atoms with Crippen molar-refractivity contribution < 1.29 is 14.3 Å². The molecule has 1 amide bonds. The molecule has 1 aromatic carbocycles. The average molecular weight is 378 g/mol. The van der Waals surface area contributed by atoms with Gasteiger partial charge in [0, 0.05) is 24.2 Å². The topological polar surface area (TPSA) is 69.0 Å². The van der Waals surface area contributed by atoms with Crippen LogP contribution < -0.4 is 4.74 Å². The van der Waals surface area contributed by atoms with Crippen LogP contribution in [-0.4, -0.2) is 52.4 Å². The standard InChI is InChI=1S/C21H22N4O3/c1-27-17-7-4-14(5-8-17)16-6-9-18-20(22-23-25(18)12-16)19-13-24(10-11-28-19)21(26)15-2-3-15/h4-9,12,15,19H,2-3,10-11,13H2,1H3. The van der Waals surface area contributed by atoms with Gasteiger partial charge in [-0.3, -0.25) is 4.79 Å². The third-order valence-corrected chi connectivity index (χ3v) is 5.47. The normalized spacial score (nSPS) is 19.8. The minimum atomic E-state index is -0.235. The highest BCUT2D eigenvalue weighted by Gasteiger charge is 2.36. The fourth-order valence-corrected chi connectivity index (χ4v) is 3.70. The maximum atomic E-state index is 12.4. The molecule has 0 N–H and O–H groups in total. The van der Waals surface area contributed by atoms with Crippen molar-refractivity contribution in [1.82, 2.24) is 19.7 Å². The van der Waals surface area contributed by atoms with Crippen LogP contribution in [0.4, 0.5) is 0 Å². The molecule has 0 radical (unpaired) electrons. The third-order valence-electron chi connectivity index (χ3n) is 5.47. The number of benzene rings is 1. The number of ether oxygens (including phenoxy) is 2. The number of hydrogen-bond acceptors (Lipinski definition) is 5. The quantitative estimate of drug-likeness (QED) is 0.698. The van der Waals surface area contributed by atoms with Crippen molar-refractivity contribution in [2.45, 2.75) is 18.9 Å². The van der Waals surface area contributed by atoms with Gasteiger partial charge >= 0.3 is 0 Å². The molecule has 1 unspecified atom stereocenters. The second-order valence-electron chi connectivity index (χ2n) is 7.37. The van der Waals surface area contributed by atoms with Crippen LogP contribution in [0.25, 0.3) is 16.6 Å². The number of aromatic nitrogens is 3. The highest BCUT2D eigenvalue weighted by Crippen LogP contribution is 2.33. The Morgan fingerprint density at radius 2 is 1.93 bits per heavy atom. The van der Waals surface area contributed by atoms with E-state index in [1.807, 2.05) is 41.4 Å². The van der Waals surface area contributed by atoms with E-state index in [2.05, 4.69) is 16.4 Å². The van der Waals surface area contributed by atoms with E-state index in [4.69, 9.17) is 9.47 Å². The second kappa shape index (κ2) is 6.91. The number of fused-ring (bicyclic) bond motifs is 1. The zero-order valence-electron chi connectivity index (χ0n) is 15.7. The Morgan fingerprint density at radius 1 is 1.14 bits per heavy atom. The van der Waals surface area contributed by atoms with Gasteiger partial charge in [-0.1, -0.05) is 23.4 Å². The fourth-order valence-electron chi connectivity index (χ4n) is 3.70. The number of carbonyl (C=O) groups is 1. The van der Waals surface area contributed by atoms with Crippen molar-refractivity contribution in [3.8, 4) is 16.9 Å². The molecule has 0 spiro atoms. The molecule has 0 bridgehead atoms. The van der Waals surface area contributed by atoms with Gasteiger partial charge in [0.05, 0.1) is 25.8 Å². The Kier molecular flexibility index (Phi) is 4.24. The number of pyridine rings is 1. The van der Waals surface area contributed by atoms with Crippen LogP contribution in [0.3, 0.4) is 0 Å². The summed E-state index contributed by atoms with van der Waals surface area (Å²) in [7, 11) is 1.66. The maximum absolute atomic E-state index is 12.4. The minimum Gasteiger partial charge on any atom is -0.497 e. The summed E-state index contributed by atoms with van der Waals surface area (Å²) in [6.45, 7) is 1.74. The zero-order valence-corrected chi connectivity index (χ0v) is 15.7. The van der Waals surface area contributed by atoms with Gasteiger partial charge in [0.25, 0.3) is 0 Å². The largest absolute Gasteiger partial charge is 0.497 e. The van der Waals surface area contributed by atoms with Gasteiger partial charge in [0.15, 0.2) is 0 Å². The Labute approximate surface area is 162 Å². The van der Waals surface area contributed by atoms with Crippen molar-refractivity contribution in [2.24, 2.45) is 5.92 Å². The number of rotatable bonds is 4. The zero-order chi connectivity index (χ0) is 19.1. The van der Waals surface area contributed by atoms with Gasteiger partial charge in [-0.25, -0.2) is 4.52 Å². The van der Waals surface area contributed by atoms with E-state index in [9.17, 15) is 4.79 Å². The van der Waals surface area contributed by atoms with Crippen molar-refractivity contribution in [3.05, 3.63) is 48.3 Å². The summed E-state index contributed by atoms with van der Waals surface area (Å²) in [6, 6.07) is 12.0. The van der Waals surface area contributed by atoms with E-state index in [0.29, 0.717) is 19.7 Å². The van der Waals surface area contributed by atoms with Crippen molar-refractivity contribution in [1.29, 1.82) is 0 Å². The smallest absolute Gasteiger partial charge is 0.225 e. The molecule has 3 aromatic rings. The molecular formula is C21H22N4O3. The molecule has 2 aliphatic rings. The SMILES string of the molecule is COc1ccc(-c2ccc3c(C4CN(C(=O)C5CC5)CCO4)nnn3c2)cc1. The van der Waals surface area contributed by atoms with E-state index in [0.717, 1.165) is 40.9 Å². The Balaban J connectivity index is 1.40. The Bertz CT molecular complexity index is 1010. The highest BCUT2D eigenvalue weighted by atomic mass is 16.5. The van der Waals surface area contributed by atoms with Gasteiger partial charge in [0.1, 0.15) is 17.5 Å². The number of nitrogens with zero attached hydrogens (tertiary/aromatic N) is 4. The van der Waals surface area contributed by atoms with Crippen LogP contribution in [0.5, 0.6) is 5.75 Å². The highest BCUT2D eigenvalue weighted by molar-refractivity contribution is 5.81. The molecule has 5 rings (SSSR count). The van der Waals surface area contributed by atoms with E-state index in [1.165, 1.54) is 0 Å². The van der Waals surface area contributed by atoms with Crippen LogP contribution in [0, 0.1) is 5.92 Å². The van der Waals surface area contributed by atoms with E-state index < -0.39 is 0 Å². The summed E-state index contributed by atoms with van der Waals surface area (Å²) in [4.78, 5) is 14.3. The summed E-state index contributed by atoms with van der Waals surface area (Å²) in [6.07, 6.45) is 3.76. The number of hydrogen-bond donors (Lipinski definition) is 0. The number of morpholine rings is 1. The predicted octanol–water partition coefficient (Wildman–Crippen LogP) is 2.71. The molecule has 1 atom stereocenters. The van der Waals surface area contributed by atoms with Crippen molar-refractivity contribution in [2.75, 3.05) is 26.8 Å². The third kappa shape index (κ3) is 3.11. The maximum Gasteiger partial charge on any atom is 0.225 e. The lowest BCUT2D eigenvalue weighted by Gasteiger charge is -2.32. The Morgan fingerprint density at radius 3 is 2.68 bits per heavy atom. The lowest BCUT2D eigenvalue weighted by atomic mass is 10.1. The van der Waals surface area contributed by atoms with Crippen LogP contribution in [-0.2, 0) is 9.53 Å². The molecule has 3 heterocycles. The van der Waals surface area contributed by atoms with Crippen molar-refractivity contribution in [3.63, 3.8) is 0 Å². The van der Waals surface area contributed by atoms with Crippen LogP contribution in [0.2, 0.25) is 0 Å². The molecule has 1 saturated carbocycles. The fraction of sp³-hybridized carbons (Fsp3) is 0.381. The predicted molar refractivity (Wildman–Crippen MR) is 103 cm³/mol.